The molecule has 0 saturated carbocycles. The van der Waals surface area contributed by atoms with Crippen LogP contribution >= 0.6 is 0 Å². The standard InChI is InChI=1S/C23H22N4O2/c1-15(2)29-21-10-6-19(7-11-21)25-23-24-14-18-12-13-27(22(18)26-23)20-8-4-17(5-9-20)16(3)28/h4-15H,1-3H3,(H,24,25,26). The Balaban J connectivity index is 1.60. The number of aromatic nitrogens is 3. The molecule has 2 aromatic carbocycles. The quantitative estimate of drug-likeness (QED) is 0.464. The maximum atomic E-state index is 11.5. The molecular weight excluding hydrogens is 364 g/mol. The molecule has 2 heterocycles. The smallest absolute Gasteiger partial charge is 0.229 e. The summed E-state index contributed by atoms with van der Waals surface area (Å²) in [4.78, 5) is 20.6. The Morgan fingerprint density at radius 1 is 1.03 bits per heavy atom. The van der Waals surface area contributed by atoms with Crippen LogP contribution in [-0.4, -0.2) is 26.4 Å². The number of Topliss-reactive ketones (excluding diaryl/α,β-unsaturated/α-hetero) is 1. The average Bonchev–Trinajstić information content (AvgIpc) is 3.12. The predicted octanol–water partition coefficient (Wildman–Crippen LogP) is 5.15. The Hall–Kier alpha value is -3.67. The summed E-state index contributed by atoms with van der Waals surface area (Å²) in [6.07, 6.45) is 3.88. The molecule has 1 N–H and O–H groups in total. The first kappa shape index (κ1) is 18.7. The summed E-state index contributed by atoms with van der Waals surface area (Å²) >= 11 is 0. The number of ketones is 1. The zero-order valence-electron chi connectivity index (χ0n) is 16.6. The molecule has 6 nitrogen and oxygen atoms in total. The fourth-order valence-electron chi connectivity index (χ4n) is 3.06. The molecule has 0 amide bonds. The van der Waals surface area contributed by atoms with Crippen molar-refractivity contribution in [3.63, 3.8) is 0 Å². The van der Waals surface area contributed by atoms with Gasteiger partial charge in [-0.15, -0.1) is 0 Å². The summed E-state index contributed by atoms with van der Waals surface area (Å²) in [6.45, 7) is 5.56. The van der Waals surface area contributed by atoms with Gasteiger partial charge in [0.15, 0.2) is 5.78 Å². The SMILES string of the molecule is CC(=O)c1ccc(-n2ccc3cnc(Nc4ccc(OC(C)C)cc4)nc32)cc1. The third-order valence-electron chi connectivity index (χ3n) is 4.46. The Morgan fingerprint density at radius 2 is 1.76 bits per heavy atom. The van der Waals surface area contributed by atoms with Crippen LogP contribution in [0.5, 0.6) is 5.75 Å². The number of rotatable bonds is 6. The van der Waals surface area contributed by atoms with Crippen LogP contribution in [0.3, 0.4) is 0 Å². The third-order valence-corrected chi connectivity index (χ3v) is 4.46. The first-order valence-electron chi connectivity index (χ1n) is 9.49. The Kier molecular flexibility index (Phi) is 4.99. The molecule has 146 valence electrons. The molecule has 0 spiro atoms. The van der Waals surface area contributed by atoms with Crippen LogP contribution in [0.4, 0.5) is 11.6 Å². The number of carbonyl (C=O) groups excluding carboxylic acids is 1. The predicted molar refractivity (Wildman–Crippen MR) is 114 cm³/mol. The number of hydrogen-bond acceptors (Lipinski definition) is 5. The van der Waals surface area contributed by atoms with Crippen molar-refractivity contribution >= 4 is 28.5 Å². The van der Waals surface area contributed by atoms with E-state index >= 15 is 0 Å². The minimum absolute atomic E-state index is 0.0486. The maximum Gasteiger partial charge on any atom is 0.229 e. The van der Waals surface area contributed by atoms with Gasteiger partial charge >= 0.3 is 0 Å². The highest BCUT2D eigenvalue weighted by Gasteiger charge is 2.08. The van der Waals surface area contributed by atoms with Gasteiger partial charge in [-0.1, -0.05) is 0 Å². The second-order valence-electron chi connectivity index (χ2n) is 7.08. The molecule has 6 heteroatoms. The van der Waals surface area contributed by atoms with E-state index in [1.165, 1.54) is 0 Å². The van der Waals surface area contributed by atoms with Gasteiger partial charge < -0.3 is 14.6 Å². The molecule has 4 rings (SSSR count). The van der Waals surface area contributed by atoms with E-state index in [9.17, 15) is 4.79 Å². The molecule has 29 heavy (non-hydrogen) atoms. The molecule has 0 radical (unpaired) electrons. The molecule has 2 aromatic heterocycles. The summed E-state index contributed by atoms with van der Waals surface area (Å²) < 4.78 is 7.65. The van der Waals surface area contributed by atoms with E-state index in [2.05, 4.69) is 15.3 Å². The van der Waals surface area contributed by atoms with Crippen molar-refractivity contribution in [2.45, 2.75) is 26.9 Å². The van der Waals surface area contributed by atoms with E-state index < -0.39 is 0 Å². The van der Waals surface area contributed by atoms with Crippen molar-refractivity contribution in [3.05, 3.63) is 72.6 Å². The van der Waals surface area contributed by atoms with Gasteiger partial charge in [0.25, 0.3) is 0 Å². The van der Waals surface area contributed by atoms with Crippen LogP contribution in [0, 0.1) is 0 Å². The van der Waals surface area contributed by atoms with Crippen LogP contribution in [0.25, 0.3) is 16.7 Å². The molecule has 0 aliphatic carbocycles. The van der Waals surface area contributed by atoms with Crippen LogP contribution in [0.2, 0.25) is 0 Å². The van der Waals surface area contributed by atoms with Gasteiger partial charge in [0.2, 0.25) is 5.95 Å². The summed E-state index contributed by atoms with van der Waals surface area (Å²) in [6, 6.07) is 17.2. The number of anilines is 2. The van der Waals surface area contributed by atoms with Gasteiger partial charge in [-0.2, -0.15) is 4.98 Å². The highest BCUT2D eigenvalue weighted by molar-refractivity contribution is 5.94. The monoisotopic (exact) mass is 386 g/mol. The molecule has 0 saturated heterocycles. The van der Waals surface area contributed by atoms with E-state index in [0.29, 0.717) is 11.5 Å². The van der Waals surface area contributed by atoms with Crippen LogP contribution < -0.4 is 10.1 Å². The summed E-state index contributed by atoms with van der Waals surface area (Å²) in [7, 11) is 0. The summed E-state index contributed by atoms with van der Waals surface area (Å²) in [5.74, 6) is 1.38. The minimum Gasteiger partial charge on any atom is -0.491 e. The number of ether oxygens (including phenoxy) is 1. The minimum atomic E-state index is 0.0486. The lowest BCUT2D eigenvalue weighted by Gasteiger charge is -2.11. The number of fused-ring (bicyclic) bond motifs is 1. The average molecular weight is 386 g/mol. The van der Waals surface area contributed by atoms with Crippen molar-refractivity contribution in [2.24, 2.45) is 0 Å². The van der Waals surface area contributed by atoms with Crippen LogP contribution in [-0.2, 0) is 0 Å². The molecule has 0 fully saturated rings. The lowest BCUT2D eigenvalue weighted by Crippen LogP contribution is -2.05. The van der Waals surface area contributed by atoms with Crippen molar-refractivity contribution in [1.29, 1.82) is 0 Å². The molecule has 0 atom stereocenters. The van der Waals surface area contributed by atoms with E-state index in [1.54, 1.807) is 13.1 Å². The molecule has 0 aliphatic rings. The van der Waals surface area contributed by atoms with Gasteiger partial charge in [0, 0.05) is 34.7 Å². The number of nitrogens with zero attached hydrogens (tertiary/aromatic N) is 3. The number of carbonyl (C=O) groups is 1. The second kappa shape index (κ2) is 7.75. The molecule has 0 bridgehead atoms. The van der Waals surface area contributed by atoms with E-state index in [4.69, 9.17) is 4.74 Å². The summed E-state index contributed by atoms with van der Waals surface area (Å²) in [5, 5.41) is 4.17. The van der Waals surface area contributed by atoms with Gasteiger partial charge in [-0.3, -0.25) is 4.79 Å². The highest BCUT2D eigenvalue weighted by atomic mass is 16.5. The van der Waals surface area contributed by atoms with Crippen LogP contribution in [0.15, 0.2) is 67.0 Å². The Morgan fingerprint density at radius 3 is 2.41 bits per heavy atom. The second-order valence-corrected chi connectivity index (χ2v) is 7.08. The van der Waals surface area contributed by atoms with Crippen molar-refractivity contribution in [3.8, 4) is 11.4 Å². The first-order valence-corrected chi connectivity index (χ1v) is 9.49. The van der Waals surface area contributed by atoms with Crippen molar-refractivity contribution in [1.82, 2.24) is 14.5 Å². The fourth-order valence-corrected chi connectivity index (χ4v) is 3.06. The van der Waals surface area contributed by atoms with Gasteiger partial charge in [-0.05, 0) is 75.4 Å². The number of nitrogens with one attached hydrogen (secondary N) is 1. The third kappa shape index (κ3) is 4.11. The molecule has 0 aliphatic heterocycles. The molecular formula is C23H22N4O2. The van der Waals surface area contributed by atoms with Gasteiger partial charge in [0.1, 0.15) is 11.4 Å². The topological polar surface area (TPSA) is 69.0 Å². The lowest BCUT2D eigenvalue weighted by molar-refractivity contribution is 0.101. The summed E-state index contributed by atoms with van der Waals surface area (Å²) in [5.41, 5.74) is 3.29. The van der Waals surface area contributed by atoms with Crippen molar-refractivity contribution < 1.29 is 9.53 Å². The van der Waals surface area contributed by atoms with E-state index in [-0.39, 0.29) is 11.9 Å². The lowest BCUT2D eigenvalue weighted by atomic mass is 10.1. The number of benzene rings is 2. The van der Waals surface area contributed by atoms with E-state index in [0.717, 1.165) is 28.2 Å². The molecule has 4 aromatic rings. The highest BCUT2D eigenvalue weighted by Crippen LogP contribution is 2.23. The normalized spacial score (nSPS) is 11.0. The first-order chi connectivity index (χ1) is 14.0. The zero-order valence-corrected chi connectivity index (χ0v) is 16.6. The van der Waals surface area contributed by atoms with Crippen LogP contribution in [0.1, 0.15) is 31.1 Å². The van der Waals surface area contributed by atoms with Gasteiger partial charge in [0.05, 0.1) is 6.10 Å². The van der Waals surface area contributed by atoms with Crippen molar-refractivity contribution in [2.75, 3.05) is 5.32 Å². The largest absolute Gasteiger partial charge is 0.491 e. The molecule has 0 unspecified atom stereocenters. The number of hydrogen-bond donors (Lipinski definition) is 1. The zero-order chi connectivity index (χ0) is 20.4. The van der Waals surface area contributed by atoms with Gasteiger partial charge in [-0.25, -0.2) is 4.98 Å². The van der Waals surface area contributed by atoms with E-state index in [1.807, 2.05) is 79.2 Å². The Bertz CT molecular complexity index is 1150. The fraction of sp³-hybridized carbons (Fsp3) is 0.174. The maximum absolute atomic E-state index is 11.5. The Labute approximate surface area is 169 Å².